The van der Waals surface area contributed by atoms with Gasteiger partial charge in [-0.15, -0.1) is 0 Å². The Labute approximate surface area is 307 Å². The molecule has 0 spiro atoms. The number of carbonyl (C=O) groups is 2. The second-order valence-corrected chi connectivity index (χ2v) is 19.4. The molecule has 1 N–H and O–H groups in total. The highest BCUT2D eigenvalue weighted by Gasteiger charge is 2.50. The summed E-state index contributed by atoms with van der Waals surface area (Å²) < 4.78 is 23.2. The summed E-state index contributed by atoms with van der Waals surface area (Å²) in [6.07, 6.45) is 9.55. The lowest BCUT2D eigenvalue weighted by molar-refractivity contribution is -0.115. The zero-order chi connectivity index (χ0) is 36.6. The smallest absolute Gasteiger partial charge is 0.407 e. The molecule has 51 heavy (non-hydrogen) atoms. The highest BCUT2D eigenvalue weighted by atomic mass is 28.4. The molecule has 276 valence electrons. The molecule has 0 bridgehead atoms. The molecule has 3 aromatic carbocycles. The maximum absolute atomic E-state index is 13.3. The lowest BCUT2D eigenvalue weighted by Gasteiger charge is -2.43. The van der Waals surface area contributed by atoms with E-state index in [0.717, 1.165) is 37.7 Å². The van der Waals surface area contributed by atoms with E-state index >= 15 is 0 Å². The Kier molecular flexibility index (Phi) is 15.7. The summed E-state index contributed by atoms with van der Waals surface area (Å²) >= 11 is 0. The van der Waals surface area contributed by atoms with Gasteiger partial charge in [0.05, 0.1) is 0 Å². The van der Waals surface area contributed by atoms with Gasteiger partial charge in [-0.1, -0.05) is 131 Å². The maximum Gasteiger partial charge on any atom is 0.407 e. The van der Waals surface area contributed by atoms with Crippen molar-refractivity contribution in [3.63, 3.8) is 0 Å². The predicted octanol–water partition coefficient (Wildman–Crippen LogP) is 8.36. The van der Waals surface area contributed by atoms with Gasteiger partial charge in [-0.2, -0.15) is 0 Å². The van der Waals surface area contributed by atoms with Crippen molar-refractivity contribution in [1.82, 2.24) is 5.32 Å². The van der Waals surface area contributed by atoms with E-state index in [1.165, 1.54) is 10.4 Å². The van der Waals surface area contributed by atoms with Crippen molar-refractivity contribution >= 4 is 30.6 Å². The topological polar surface area (TPSA) is 83.1 Å². The summed E-state index contributed by atoms with van der Waals surface area (Å²) in [4.78, 5) is 26.0. The van der Waals surface area contributed by atoms with E-state index in [2.05, 4.69) is 93.7 Å². The number of hydrogen-bond acceptors (Lipinski definition) is 6. The lowest BCUT2D eigenvalue weighted by Crippen LogP contribution is -2.66. The fourth-order valence-electron chi connectivity index (χ4n) is 7.69. The summed E-state index contributed by atoms with van der Waals surface area (Å²) in [6.45, 7) is 10.8. The van der Waals surface area contributed by atoms with Gasteiger partial charge in [-0.05, 0) is 77.4 Å². The molecule has 0 saturated heterocycles. The number of methoxy groups -OCH3 is 1. The van der Waals surface area contributed by atoms with Gasteiger partial charge in [0.15, 0.2) is 5.78 Å². The highest BCUT2D eigenvalue weighted by Crippen LogP contribution is 2.43. The van der Waals surface area contributed by atoms with Crippen LogP contribution in [0.5, 0.6) is 0 Å². The minimum absolute atomic E-state index is 0.0567. The number of carbonyl (C=O) groups excluding carboxylic acids is 2. The number of ether oxygens (including phenoxy) is 3. The molecule has 0 radical (unpaired) electrons. The summed E-state index contributed by atoms with van der Waals surface area (Å²) in [6, 6.07) is 31.3. The Morgan fingerprint density at radius 2 is 1.57 bits per heavy atom. The summed E-state index contributed by atoms with van der Waals surface area (Å²) in [5, 5.41) is 5.81. The number of ketones is 1. The van der Waals surface area contributed by atoms with Crippen LogP contribution in [0.1, 0.15) is 84.6 Å². The number of hydrogen-bond donors (Lipinski definition) is 1. The fourth-order valence-corrected chi connectivity index (χ4v) is 12.3. The Morgan fingerprint density at radius 1 is 0.941 bits per heavy atom. The molecule has 1 saturated carbocycles. The van der Waals surface area contributed by atoms with Gasteiger partial charge in [-0.3, -0.25) is 4.79 Å². The van der Waals surface area contributed by atoms with Crippen molar-refractivity contribution in [2.45, 2.75) is 96.2 Å². The van der Waals surface area contributed by atoms with Crippen LogP contribution in [0.3, 0.4) is 0 Å². The Bertz CT molecular complexity index is 1450. The third kappa shape index (κ3) is 11.5. The first-order valence-electron chi connectivity index (χ1n) is 18.6. The van der Waals surface area contributed by atoms with Gasteiger partial charge >= 0.3 is 6.09 Å². The third-order valence-electron chi connectivity index (χ3n) is 10.3. The molecule has 3 aromatic rings. The Balaban J connectivity index is 1.45. The van der Waals surface area contributed by atoms with E-state index in [9.17, 15) is 9.59 Å². The van der Waals surface area contributed by atoms with Crippen molar-refractivity contribution in [2.24, 2.45) is 11.8 Å². The maximum atomic E-state index is 13.3. The first-order chi connectivity index (χ1) is 24.6. The summed E-state index contributed by atoms with van der Waals surface area (Å²) in [5.41, 5.74) is 0.457. The second-order valence-electron chi connectivity index (χ2n) is 15.1. The van der Waals surface area contributed by atoms with E-state index < -0.39 is 19.9 Å². The molecule has 1 aliphatic carbocycles. The van der Waals surface area contributed by atoms with Gasteiger partial charge in [0.1, 0.15) is 13.4 Å². The van der Waals surface area contributed by atoms with Crippen molar-refractivity contribution in [3.8, 4) is 0 Å². The van der Waals surface area contributed by atoms with Crippen LogP contribution in [0, 0.1) is 11.8 Å². The molecule has 1 amide bonds. The summed E-state index contributed by atoms with van der Waals surface area (Å²) in [5.74, 6) is 0.665. The van der Waals surface area contributed by atoms with Crippen molar-refractivity contribution < 1.29 is 28.2 Å². The molecule has 0 aliphatic heterocycles. The van der Waals surface area contributed by atoms with Gasteiger partial charge < -0.3 is 24.0 Å². The van der Waals surface area contributed by atoms with Gasteiger partial charge in [0.25, 0.3) is 8.32 Å². The number of amides is 1. The van der Waals surface area contributed by atoms with Gasteiger partial charge in [0, 0.05) is 32.3 Å². The van der Waals surface area contributed by atoms with E-state index in [-0.39, 0.29) is 30.1 Å². The van der Waals surface area contributed by atoms with E-state index in [1.54, 1.807) is 13.2 Å². The summed E-state index contributed by atoms with van der Waals surface area (Å²) in [7, 11) is -1.04. The molecule has 0 unspecified atom stereocenters. The van der Waals surface area contributed by atoms with E-state index in [4.69, 9.17) is 18.6 Å². The van der Waals surface area contributed by atoms with Crippen LogP contribution in [0.4, 0.5) is 4.79 Å². The Hall–Kier alpha value is -3.56. The molecule has 0 heterocycles. The first-order valence-corrected chi connectivity index (χ1v) is 20.5. The quantitative estimate of drug-likeness (QED) is 0.0549. The van der Waals surface area contributed by atoms with Crippen LogP contribution in [0.25, 0.3) is 0 Å². The number of nitrogens with one attached hydrogen (secondary N) is 1. The van der Waals surface area contributed by atoms with Crippen LogP contribution in [0.2, 0.25) is 5.04 Å². The van der Waals surface area contributed by atoms with Gasteiger partial charge in [0.2, 0.25) is 0 Å². The Morgan fingerprint density at radius 3 is 2.18 bits per heavy atom. The fraction of sp³-hybridized carbons (Fsp3) is 0.488. The number of alkyl carbamates (subject to hydrolysis) is 1. The van der Waals surface area contributed by atoms with Gasteiger partial charge in [-0.25, -0.2) is 4.79 Å². The molecular formula is C43H59NO6Si. The lowest BCUT2D eigenvalue weighted by atomic mass is 9.78. The minimum atomic E-state index is -2.62. The molecule has 8 heteroatoms. The van der Waals surface area contributed by atoms with Crippen LogP contribution in [-0.4, -0.2) is 52.8 Å². The van der Waals surface area contributed by atoms with E-state index in [1.807, 2.05) is 36.4 Å². The normalized spacial score (nSPS) is 18.5. The van der Waals surface area contributed by atoms with E-state index in [0.29, 0.717) is 38.4 Å². The molecular weight excluding hydrogens is 655 g/mol. The zero-order valence-corrected chi connectivity index (χ0v) is 32.4. The standard InChI is InChI=1S/C43H59NO6Si/c1-35(27-31-50-51(42(2,3)4,39-23-11-7-12-24-39)40-25-13-8-14-26-40)32-37-20-15-28-43(37,29-16-21-38(45)22-17-30-48-34-47-5)44-41(46)49-33-36-18-9-6-10-19-36/h6-14,16,18-19,21,23-26,35,37H,15,17,20,22,27-34H2,1-5H3,(H,44,46)/b21-16+/t35-,37+,43-/m0/s1. The monoisotopic (exact) mass is 713 g/mol. The largest absolute Gasteiger partial charge is 0.445 e. The molecule has 0 aromatic heterocycles. The number of benzene rings is 3. The van der Waals surface area contributed by atoms with Crippen LogP contribution < -0.4 is 15.7 Å². The van der Waals surface area contributed by atoms with Crippen molar-refractivity contribution in [1.29, 1.82) is 0 Å². The zero-order valence-electron chi connectivity index (χ0n) is 31.4. The van der Waals surface area contributed by atoms with Crippen molar-refractivity contribution in [3.05, 3.63) is 109 Å². The average Bonchev–Trinajstić information content (AvgIpc) is 3.50. The molecule has 1 aliphatic rings. The van der Waals surface area contributed by atoms with Crippen molar-refractivity contribution in [2.75, 3.05) is 27.1 Å². The highest BCUT2D eigenvalue weighted by molar-refractivity contribution is 6.99. The van der Waals surface area contributed by atoms with Crippen LogP contribution in [0.15, 0.2) is 103 Å². The molecule has 7 nitrogen and oxygen atoms in total. The second kappa shape index (κ2) is 19.9. The number of rotatable bonds is 20. The third-order valence-corrected chi connectivity index (χ3v) is 15.3. The first kappa shape index (κ1) is 40.2. The predicted molar refractivity (Wildman–Crippen MR) is 208 cm³/mol. The van der Waals surface area contributed by atoms with Crippen LogP contribution in [-0.2, 0) is 30.0 Å². The molecule has 3 atom stereocenters. The average molecular weight is 714 g/mol. The minimum Gasteiger partial charge on any atom is -0.445 e. The molecule has 1 fully saturated rings. The SMILES string of the molecule is COCOCCCC(=O)/C=C/C[C@@]1(NC(=O)OCc2ccccc2)CCC[C@@H]1C[C@@H](C)CCO[Si](c1ccccc1)(c1ccccc1)C(C)(C)C. The van der Waals surface area contributed by atoms with Crippen LogP contribution >= 0.6 is 0 Å². The number of allylic oxidation sites excluding steroid dienone is 1. The molecule has 4 rings (SSSR count).